The van der Waals surface area contributed by atoms with Gasteiger partial charge < -0.3 is 5.32 Å². The van der Waals surface area contributed by atoms with Crippen LogP contribution in [0.4, 0.5) is 10.2 Å². The summed E-state index contributed by atoms with van der Waals surface area (Å²) in [6.45, 7) is 0.524. The maximum atomic E-state index is 13.5. The first-order valence-corrected chi connectivity index (χ1v) is 9.23. The highest BCUT2D eigenvalue weighted by molar-refractivity contribution is 5.99. The van der Waals surface area contributed by atoms with Gasteiger partial charge in [0.1, 0.15) is 17.3 Å². The molecule has 1 saturated carbocycles. The van der Waals surface area contributed by atoms with Crippen molar-refractivity contribution in [1.82, 2.24) is 15.3 Å². The Balaban J connectivity index is 1.47. The van der Waals surface area contributed by atoms with E-state index in [1.807, 2.05) is 0 Å². The maximum absolute atomic E-state index is 13.5. The van der Waals surface area contributed by atoms with Crippen LogP contribution in [0.15, 0.2) is 42.7 Å². The molecule has 6 nitrogen and oxygen atoms in total. The molecule has 0 bridgehead atoms. The second-order valence-corrected chi connectivity index (χ2v) is 7.30. The summed E-state index contributed by atoms with van der Waals surface area (Å²) in [6, 6.07) is 7.70. The Bertz CT molecular complexity index is 860. The molecule has 1 N–H and O–H groups in total. The highest BCUT2D eigenvalue weighted by Crippen LogP contribution is 2.45. The lowest BCUT2D eigenvalue weighted by molar-refractivity contribution is -0.127. The fourth-order valence-corrected chi connectivity index (χ4v) is 4.24. The predicted molar refractivity (Wildman–Crippen MR) is 97.6 cm³/mol. The van der Waals surface area contributed by atoms with Crippen molar-refractivity contribution in [3.63, 3.8) is 0 Å². The summed E-state index contributed by atoms with van der Waals surface area (Å²) in [5.41, 5.74) is -0.130. The van der Waals surface area contributed by atoms with Crippen LogP contribution in [-0.2, 0) is 4.79 Å². The lowest BCUT2D eigenvalue weighted by Crippen LogP contribution is -2.46. The van der Waals surface area contributed by atoms with Gasteiger partial charge in [-0.05, 0) is 43.9 Å². The van der Waals surface area contributed by atoms with Crippen molar-refractivity contribution in [2.45, 2.75) is 38.1 Å². The molecule has 2 aliphatic rings. The van der Waals surface area contributed by atoms with Crippen LogP contribution in [0.3, 0.4) is 0 Å². The molecule has 1 aliphatic heterocycles. The Labute approximate surface area is 156 Å². The smallest absolute Gasteiger partial charge is 0.270 e. The summed E-state index contributed by atoms with van der Waals surface area (Å²) in [7, 11) is 0. The minimum Gasteiger partial charge on any atom is -0.348 e. The molecule has 3 heterocycles. The number of anilines is 1. The van der Waals surface area contributed by atoms with Crippen molar-refractivity contribution in [1.29, 1.82) is 0 Å². The van der Waals surface area contributed by atoms with E-state index in [1.54, 1.807) is 29.3 Å². The van der Waals surface area contributed by atoms with Crippen molar-refractivity contribution in [2.24, 2.45) is 5.41 Å². The summed E-state index contributed by atoms with van der Waals surface area (Å²) >= 11 is 0. The Morgan fingerprint density at radius 3 is 2.89 bits per heavy atom. The molecule has 27 heavy (non-hydrogen) atoms. The monoisotopic (exact) mass is 368 g/mol. The molecule has 0 aromatic carbocycles. The van der Waals surface area contributed by atoms with Crippen LogP contribution in [0, 0.1) is 11.2 Å². The second-order valence-electron chi connectivity index (χ2n) is 7.30. The second kappa shape index (κ2) is 7.06. The molecule has 1 saturated heterocycles. The third-order valence-corrected chi connectivity index (χ3v) is 5.57. The molecular formula is C20H21FN4O2. The van der Waals surface area contributed by atoms with E-state index >= 15 is 0 Å². The molecule has 1 spiro atoms. The minimum atomic E-state index is -0.506. The van der Waals surface area contributed by atoms with Gasteiger partial charge in [-0.2, -0.15) is 0 Å². The predicted octanol–water partition coefficient (Wildman–Crippen LogP) is 2.71. The first kappa shape index (κ1) is 17.6. The van der Waals surface area contributed by atoms with E-state index in [0.717, 1.165) is 19.3 Å². The fourth-order valence-electron chi connectivity index (χ4n) is 4.24. The molecular weight excluding hydrogens is 347 g/mol. The summed E-state index contributed by atoms with van der Waals surface area (Å²) in [5.74, 6) is -0.279. The van der Waals surface area contributed by atoms with Gasteiger partial charge in [-0.3, -0.25) is 19.5 Å². The number of carbonyl (C=O) groups is 2. The van der Waals surface area contributed by atoms with Crippen LogP contribution in [0.2, 0.25) is 0 Å². The van der Waals surface area contributed by atoms with E-state index < -0.39 is 11.2 Å². The van der Waals surface area contributed by atoms with Gasteiger partial charge in [0, 0.05) is 31.0 Å². The number of carbonyl (C=O) groups excluding carboxylic acids is 2. The molecule has 7 heteroatoms. The number of hydrogen-bond donors (Lipinski definition) is 1. The molecule has 140 valence electrons. The van der Waals surface area contributed by atoms with Crippen LogP contribution < -0.4 is 10.2 Å². The topological polar surface area (TPSA) is 75.2 Å². The number of amides is 2. The van der Waals surface area contributed by atoms with E-state index in [0.29, 0.717) is 30.9 Å². The number of hydrogen-bond acceptors (Lipinski definition) is 4. The summed E-state index contributed by atoms with van der Waals surface area (Å²) < 4.78 is 13.5. The number of nitrogens with zero attached hydrogens (tertiary/aromatic N) is 3. The molecule has 2 fully saturated rings. The molecule has 2 amide bonds. The number of pyridine rings is 2. The summed E-state index contributed by atoms with van der Waals surface area (Å²) in [4.78, 5) is 35.3. The van der Waals surface area contributed by atoms with Gasteiger partial charge >= 0.3 is 0 Å². The maximum Gasteiger partial charge on any atom is 0.270 e. The number of nitrogens with one attached hydrogen (secondary N) is 1. The van der Waals surface area contributed by atoms with Gasteiger partial charge in [-0.25, -0.2) is 9.37 Å². The minimum absolute atomic E-state index is 0.0163. The van der Waals surface area contributed by atoms with Crippen LogP contribution in [0.1, 0.15) is 42.6 Å². The molecule has 1 aliphatic carbocycles. The Morgan fingerprint density at radius 1 is 1.22 bits per heavy atom. The van der Waals surface area contributed by atoms with E-state index in [-0.39, 0.29) is 17.9 Å². The average molecular weight is 368 g/mol. The first-order chi connectivity index (χ1) is 13.1. The number of rotatable bonds is 3. The summed E-state index contributed by atoms with van der Waals surface area (Å²) in [5, 5.41) is 3.02. The molecule has 2 aromatic heterocycles. The van der Waals surface area contributed by atoms with E-state index in [2.05, 4.69) is 15.3 Å². The van der Waals surface area contributed by atoms with Crippen LogP contribution in [0.25, 0.3) is 0 Å². The zero-order chi connectivity index (χ0) is 18.9. The Morgan fingerprint density at radius 2 is 2.11 bits per heavy atom. The largest absolute Gasteiger partial charge is 0.348 e. The van der Waals surface area contributed by atoms with Crippen molar-refractivity contribution in [3.8, 4) is 0 Å². The van der Waals surface area contributed by atoms with Crippen LogP contribution in [0.5, 0.6) is 0 Å². The summed E-state index contributed by atoms with van der Waals surface area (Å²) in [6.07, 6.45) is 6.74. The first-order valence-electron chi connectivity index (χ1n) is 9.23. The van der Waals surface area contributed by atoms with E-state index in [1.165, 1.54) is 18.3 Å². The molecule has 0 radical (unpaired) electrons. The number of halogens is 1. The van der Waals surface area contributed by atoms with Crippen molar-refractivity contribution >= 4 is 17.6 Å². The standard InChI is InChI=1S/C20H21FN4O2/c21-14-6-10-23-17(12-14)25-11-8-20(19(25)27)7-3-4-15(13-20)24-18(26)16-5-1-2-9-22-16/h1-2,5-6,9-10,12,15H,3-4,7-8,11,13H2,(H,24,26). The molecule has 2 unspecified atom stereocenters. The third kappa shape index (κ3) is 3.41. The Hall–Kier alpha value is -2.83. The zero-order valence-corrected chi connectivity index (χ0v) is 14.9. The van der Waals surface area contributed by atoms with Crippen molar-refractivity contribution < 1.29 is 14.0 Å². The lowest BCUT2D eigenvalue weighted by Gasteiger charge is -2.36. The lowest BCUT2D eigenvalue weighted by atomic mass is 9.71. The third-order valence-electron chi connectivity index (χ3n) is 5.57. The van der Waals surface area contributed by atoms with Crippen LogP contribution in [-0.4, -0.2) is 34.4 Å². The van der Waals surface area contributed by atoms with Gasteiger partial charge in [0.05, 0.1) is 5.41 Å². The SMILES string of the molecule is O=C(NC1CCCC2(CCN(c3cc(F)ccn3)C2=O)C1)c1ccccn1. The van der Waals surface area contributed by atoms with Gasteiger partial charge in [0.25, 0.3) is 5.91 Å². The van der Waals surface area contributed by atoms with E-state index in [4.69, 9.17) is 0 Å². The number of aromatic nitrogens is 2. The van der Waals surface area contributed by atoms with Crippen LogP contribution >= 0.6 is 0 Å². The molecule has 4 rings (SSSR count). The quantitative estimate of drug-likeness (QED) is 0.904. The zero-order valence-electron chi connectivity index (χ0n) is 14.9. The van der Waals surface area contributed by atoms with E-state index in [9.17, 15) is 14.0 Å². The highest BCUT2D eigenvalue weighted by Gasteiger charge is 2.50. The normalized spacial score (nSPS) is 25.0. The van der Waals surface area contributed by atoms with Gasteiger partial charge in [-0.1, -0.05) is 12.5 Å². The van der Waals surface area contributed by atoms with Gasteiger partial charge in [0.15, 0.2) is 0 Å². The fraction of sp³-hybridized carbons (Fsp3) is 0.400. The highest BCUT2D eigenvalue weighted by atomic mass is 19.1. The molecule has 2 aromatic rings. The van der Waals surface area contributed by atoms with Gasteiger partial charge in [-0.15, -0.1) is 0 Å². The van der Waals surface area contributed by atoms with Gasteiger partial charge in [0.2, 0.25) is 5.91 Å². The molecule has 2 atom stereocenters. The average Bonchev–Trinajstić information content (AvgIpc) is 2.98. The van der Waals surface area contributed by atoms with Crippen molar-refractivity contribution in [3.05, 3.63) is 54.2 Å². The van der Waals surface area contributed by atoms with Crippen molar-refractivity contribution in [2.75, 3.05) is 11.4 Å². The Kier molecular flexibility index (Phi) is 4.59.